The van der Waals surface area contributed by atoms with Crippen LogP contribution in [-0.2, 0) is 16.7 Å². The van der Waals surface area contributed by atoms with Crippen LogP contribution in [0.5, 0.6) is 0 Å². The minimum Gasteiger partial charge on any atom is -0.378 e. The van der Waals surface area contributed by atoms with Crippen LogP contribution in [0, 0.1) is 5.82 Å². The Balaban J connectivity index is 1.91. The van der Waals surface area contributed by atoms with E-state index in [1.54, 1.807) is 6.07 Å². The van der Waals surface area contributed by atoms with Crippen molar-refractivity contribution in [2.24, 2.45) is 0 Å². The molecule has 3 rings (SSSR count). The molecule has 0 bridgehead atoms. The maximum Gasteiger partial charge on any atom is 0.265 e. The molecule has 0 fully saturated rings. The molecule has 0 aliphatic rings. The lowest BCUT2D eigenvalue weighted by molar-refractivity contribution is -0.668. The van der Waals surface area contributed by atoms with Crippen molar-refractivity contribution in [3.8, 4) is 0 Å². The Morgan fingerprint density at radius 3 is 2.50 bits per heavy atom. The summed E-state index contributed by atoms with van der Waals surface area (Å²) in [7, 11) is -0.0584. The van der Waals surface area contributed by atoms with Crippen molar-refractivity contribution in [3.05, 3.63) is 58.9 Å². The van der Waals surface area contributed by atoms with Crippen LogP contribution in [-0.4, -0.2) is 32.8 Å². The normalized spacial score (nSPS) is 12.1. The molecule has 0 amide bonds. The Morgan fingerprint density at radius 1 is 1.14 bits per heavy atom. The van der Waals surface area contributed by atoms with Gasteiger partial charge in [-0.2, -0.15) is 13.0 Å². The second-order valence-corrected chi connectivity index (χ2v) is 9.30. The molecule has 0 unspecified atom stereocenters. The molecule has 1 aromatic heterocycles. The predicted molar refractivity (Wildman–Crippen MR) is 113 cm³/mol. The van der Waals surface area contributed by atoms with E-state index in [4.69, 9.17) is 4.55 Å². The van der Waals surface area contributed by atoms with E-state index in [-0.39, 0.29) is 18.0 Å². The monoisotopic (exact) mass is 421 g/mol. The van der Waals surface area contributed by atoms with E-state index < -0.39 is 10.1 Å². The van der Waals surface area contributed by atoms with Gasteiger partial charge in [-0.1, -0.05) is 23.5 Å². The highest BCUT2D eigenvalue weighted by Gasteiger charge is 2.20. The average molecular weight is 422 g/mol. The van der Waals surface area contributed by atoms with Gasteiger partial charge >= 0.3 is 0 Å². The molecule has 2 aromatic carbocycles. The van der Waals surface area contributed by atoms with Crippen LogP contribution < -0.4 is 9.47 Å². The summed E-state index contributed by atoms with van der Waals surface area (Å²) < 4.78 is 47.5. The molecule has 3 aromatic rings. The molecule has 0 aliphatic carbocycles. The van der Waals surface area contributed by atoms with Gasteiger partial charge in [0, 0.05) is 38.3 Å². The maximum absolute atomic E-state index is 13.7. The average Bonchev–Trinajstić information content (AvgIpc) is 2.96. The Bertz CT molecular complexity index is 1100. The van der Waals surface area contributed by atoms with Crippen LogP contribution in [0.1, 0.15) is 17.0 Å². The molecule has 148 valence electrons. The fourth-order valence-electron chi connectivity index (χ4n) is 2.89. The number of aryl methyl sites for hydroxylation is 1. The molecule has 1 heterocycles. The van der Waals surface area contributed by atoms with Crippen molar-refractivity contribution in [2.75, 3.05) is 24.7 Å². The van der Waals surface area contributed by atoms with Crippen LogP contribution in [0.4, 0.5) is 10.1 Å². The minimum atomic E-state index is -4.02. The molecule has 0 saturated carbocycles. The number of thiazole rings is 1. The van der Waals surface area contributed by atoms with Gasteiger partial charge in [0.25, 0.3) is 15.1 Å². The molecule has 28 heavy (non-hydrogen) atoms. The smallest absolute Gasteiger partial charge is 0.265 e. The number of fused-ring (bicyclic) bond motifs is 1. The van der Waals surface area contributed by atoms with Crippen LogP contribution in [0.3, 0.4) is 0 Å². The third kappa shape index (κ3) is 5.15. The lowest BCUT2D eigenvalue weighted by Gasteiger charge is -2.11. The van der Waals surface area contributed by atoms with Crippen LogP contribution in [0.25, 0.3) is 22.4 Å². The van der Waals surface area contributed by atoms with Crippen molar-refractivity contribution in [1.29, 1.82) is 0 Å². The minimum absolute atomic E-state index is 0.240. The second-order valence-electron chi connectivity index (χ2n) is 6.66. The summed E-state index contributed by atoms with van der Waals surface area (Å²) in [6, 6.07) is 12.7. The van der Waals surface area contributed by atoms with Gasteiger partial charge in [-0.05, 0) is 35.9 Å². The van der Waals surface area contributed by atoms with Gasteiger partial charge in [0.2, 0.25) is 5.52 Å². The first-order valence-corrected chi connectivity index (χ1v) is 11.2. The van der Waals surface area contributed by atoms with E-state index in [0.29, 0.717) is 12.1 Å². The fourth-order valence-corrected chi connectivity index (χ4v) is 4.45. The summed E-state index contributed by atoms with van der Waals surface area (Å²) >= 11 is 1.51. The Labute approximate surface area is 168 Å². The summed E-state index contributed by atoms with van der Waals surface area (Å²) in [5.74, 6) is -0.675. The summed E-state index contributed by atoms with van der Waals surface area (Å²) in [6.45, 7) is 0.364. The van der Waals surface area contributed by atoms with Gasteiger partial charge in [-0.3, -0.25) is 4.55 Å². The molecule has 0 radical (unpaired) electrons. The van der Waals surface area contributed by atoms with Gasteiger partial charge in [0.15, 0.2) is 6.54 Å². The third-order valence-corrected chi connectivity index (χ3v) is 6.24. The lowest BCUT2D eigenvalue weighted by Crippen LogP contribution is -2.36. The number of nitrogens with zero attached hydrogens (tertiary/aromatic N) is 2. The largest absolute Gasteiger partial charge is 0.378 e. The number of halogens is 1. The van der Waals surface area contributed by atoms with Crippen molar-refractivity contribution in [2.45, 2.75) is 13.0 Å². The first-order valence-electron chi connectivity index (χ1n) is 8.75. The zero-order chi connectivity index (χ0) is 20.3. The highest BCUT2D eigenvalue weighted by molar-refractivity contribution is 7.85. The van der Waals surface area contributed by atoms with E-state index >= 15 is 0 Å². The van der Waals surface area contributed by atoms with Crippen LogP contribution in [0.2, 0.25) is 0 Å². The van der Waals surface area contributed by atoms with Gasteiger partial charge in [0.05, 0.1) is 5.75 Å². The first kappa shape index (κ1) is 20.4. The van der Waals surface area contributed by atoms with Gasteiger partial charge in [-0.25, -0.2) is 4.39 Å². The molecule has 0 spiro atoms. The van der Waals surface area contributed by atoms with E-state index in [0.717, 1.165) is 21.0 Å². The fraction of sp³-hybridized carbons (Fsp3) is 0.250. The summed E-state index contributed by atoms with van der Waals surface area (Å²) in [6.07, 6.45) is 4.16. The molecule has 5 nitrogen and oxygen atoms in total. The lowest BCUT2D eigenvalue weighted by atomic mass is 10.2. The van der Waals surface area contributed by atoms with Crippen molar-refractivity contribution < 1.29 is 21.9 Å². The Hall–Kier alpha value is -2.29. The standard InChI is InChI=1S/C20H21FN2O3S2/c1-22(2)17-8-4-15(5-9-17)6-11-20-23(12-3-13-28(24,25)26)18-14-16(21)7-10-19(18)27-20/h4-11,14H,3,12-13H2,1-2H3/p+1. The molecule has 8 heteroatoms. The number of anilines is 1. The van der Waals surface area contributed by atoms with Crippen molar-refractivity contribution in [1.82, 2.24) is 0 Å². The number of aromatic nitrogens is 1. The molecule has 0 atom stereocenters. The van der Waals surface area contributed by atoms with E-state index in [1.807, 2.05) is 60.0 Å². The van der Waals surface area contributed by atoms with Gasteiger partial charge in [-0.15, -0.1) is 0 Å². The zero-order valence-corrected chi connectivity index (χ0v) is 17.3. The highest BCUT2D eigenvalue weighted by Crippen LogP contribution is 2.23. The number of hydrogen-bond donors (Lipinski definition) is 1. The Morgan fingerprint density at radius 2 is 1.86 bits per heavy atom. The topological polar surface area (TPSA) is 61.5 Å². The molecular formula is C20H22FN2O3S2+. The SMILES string of the molecule is CN(C)c1ccc(/C=C/c2sc3ccc(F)cc3[n+]2CCCS(=O)(=O)O)cc1. The first-order chi connectivity index (χ1) is 13.2. The van der Waals surface area contributed by atoms with E-state index in [9.17, 15) is 12.8 Å². The second kappa shape index (κ2) is 8.38. The number of hydrogen-bond acceptors (Lipinski definition) is 4. The van der Waals surface area contributed by atoms with Crippen LogP contribution >= 0.6 is 11.3 Å². The highest BCUT2D eigenvalue weighted by atomic mass is 32.2. The molecule has 0 aliphatic heterocycles. The van der Waals surface area contributed by atoms with Gasteiger partial charge in [0.1, 0.15) is 10.5 Å². The Kier molecular flexibility index (Phi) is 6.12. The third-order valence-electron chi connectivity index (χ3n) is 4.30. The quantitative estimate of drug-likeness (QED) is 0.465. The van der Waals surface area contributed by atoms with Gasteiger partial charge < -0.3 is 4.90 Å². The summed E-state index contributed by atoms with van der Waals surface area (Å²) in [5, 5.41) is 0.882. The maximum atomic E-state index is 13.7. The van der Waals surface area contributed by atoms with Crippen molar-refractivity contribution in [3.63, 3.8) is 0 Å². The summed E-state index contributed by atoms with van der Waals surface area (Å²) in [4.78, 5) is 2.02. The molecule has 1 N–H and O–H groups in total. The zero-order valence-electron chi connectivity index (χ0n) is 15.7. The summed E-state index contributed by atoms with van der Waals surface area (Å²) in [5.41, 5.74) is 2.84. The molecule has 0 saturated heterocycles. The van der Waals surface area contributed by atoms with E-state index in [1.165, 1.54) is 23.5 Å². The van der Waals surface area contributed by atoms with E-state index in [2.05, 4.69) is 0 Å². The number of rotatable bonds is 7. The number of benzene rings is 2. The van der Waals surface area contributed by atoms with Crippen LogP contribution in [0.15, 0.2) is 42.5 Å². The molecular weight excluding hydrogens is 399 g/mol. The van der Waals surface area contributed by atoms with Crippen molar-refractivity contribution >= 4 is 49.5 Å². The predicted octanol–water partition coefficient (Wildman–Crippen LogP) is 3.84.